The van der Waals surface area contributed by atoms with Gasteiger partial charge >= 0.3 is 0 Å². The van der Waals surface area contributed by atoms with Gasteiger partial charge in [0, 0.05) is 33.4 Å². The first-order valence-corrected chi connectivity index (χ1v) is 21.2. The van der Waals surface area contributed by atoms with Gasteiger partial charge in [-0.1, -0.05) is 99.5 Å². The zero-order chi connectivity index (χ0) is 41.7. The molecule has 6 aromatic carbocycles. The number of phenolic OH excluding ortho intramolecular Hbond substituents is 2. The summed E-state index contributed by atoms with van der Waals surface area (Å²) in [5.74, 6) is 2.72. The fourth-order valence-corrected chi connectivity index (χ4v) is 8.55. The van der Waals surface area contributed by atoms with Gasteiger partial charge in [-0.25, -0.2) is 0 Å². The summed E-state index contributed by atoms with van der Waals surface area (Å²) in [4.78, 5) is 0. The standard InChI is InChI=1S/C54H62O4/c1-11-35(5)41-29-45(53(55)47(31-41)51-37(7)25-33(3)26-38(51)8)43-19-13-15-21-49(43)57-23-17-18-24-58-50-22-16-14-20-44(50)46-30-42(36(6)12-2)32-48(54(46)56)52-39(9)27-34(4)28-40(52)10/h13-16,19-22,25-32,35-36,55-56H,11-12,17-18,23-24H2,1-10H3. The van der Waals surface area contributed by atoms with Gasteiger partial charge < -0.3 is 19.7 Å². The molecule has 6 aromatic rings. The molecule has 0 fully saturated rings. The van der Waals surface area contributed by atoms with Crippen molar-refractivity contribution in [3.63, 3.8) is 0 Å². The molecule has 0 aliphatic rings. The van der Waals surface area contributed by atoms with Gasteiger partial charge in [0.15, 0.2) is 0 Å². The normalized spacial score (nSPS) is 12.4. The van der Waals surface area contributed by atoms with E-state index >= 15 is 0 Å². The molecule has 0 saturated heterocycles. The highest BCUT2D eigenvalue weighted by atomic mass is 16.5. The average molecular weight is 775 g/mol. The Labute approximate surface area is 347 Å². The molecule has 0 bridgehead atoms. The van der Waals surface area contributed by atoms with Crippen molar-refractivity contribution in [1.29, 1.82) is 0 Å². The average Bonchev–Trinajstić information content (AvgIpc) is 3.19. The molecule has 0 aromatic heterocycles. The second kappa shape index (κ2) is 18.4. The minimum atomic E-state index is 0.280. The van der Waals surface area contributed by atoms with Crippen LogP contribution in [0.5, 0.6) is 23.0 Å². The van der Waals surface area contributed by atoms with Gasteiger partial charge in [-0.15, -0.1) is 0 Å². The minimum Gasteiger partial charge on any atom is -0.507 e. The summed E-state index contributed by atoms with van der Waals surface area (Å²) in [7, 11) is 0. The van der Waals surface area contributed by atoms with Crippen LogP contribution in [0.4, 0.5) is 0 Å². The lowest BCUT2D eigenvalue weighted by atomic mass is 9.86. The number of aryl methyl sites for hydroxylation is 6. The first-order valence-electron chi connectivity index (χ1n) is 21.2. The number of ether oxygens (including phenoxy) is 2. The second-order valence-corrected chi connectivity index (χ2v) is 16.5. The van der Waals surface area contributed by atoms with Gasteiger partial charge in [0.2, 0.25) is 0 Å². The Hall–Kier alpha value is -5.48. The third kappa shape index (κ3) is 8.97. The Balaban J connectivity index is 1.21. The summed E-state index contributed by atoms with van der Waals surface area (Å²) in [6.45, 7) is 22.7. The van der Waals surface area contributed by atoms with Crippen molar-refractivity contribution in [2.45, 2.75) is 107 Å². The lowest BCUT2D eigenvalue weighted by Gasteiger charge is -2.21. The van der Waals surface area contributed by atoms with E-state index in [0.717, 1.165) is 104 Å². The lowest BCUT2D eigenvalue weighted by molar-refractivity contribution is 0.267. The number of hydrogen-bond acceptors (Lipinski definition) is 4. The summed E-state index contributed by atoms with van der Waals surface area (Å²) < 4.78 is 12.9. The number of aromatic hydroxyl groups is 2. The Morgan fingerprint density at radius 3 is 1.12 bits per heavy atom. The highest BCUT2D eigenvalue weighted by Gasteiger charge is 2.22. The molecule has 4 heteroatoms. The summed E-state index contributed by atoms with van der Waals surface area (Å²) >= 11 is 0. The fourth-order valence-electron chi connectivity index (χ4n) is 8.55. The van der Waals surface area contributed by atoms with Gasteiger partial charge in [-0.05, 0) is 160 Å². The minimum absolute atomic E-state index is 0.280. The monoisotopic (exact) mass is 774 g/mol. The van der Waals surface area contributed by atoms with Crippen LogP contribution in [-0.4, -0.2) is 23.4 Å². The molecule has 0 amide bonds. The van der Waals surface area contributed by atoms with Crippen molar-refractivity contribution in [2.75, 3.05) is 13.2 Å². The van der Waals surface area contributed by atoms with Crippen molar-refractivity contribution >= 4 is 0 Å². The van der Waals surface area contributed by atoms with Crippen molar-refractivity contribution in [3.8, 4) is 67.5 Å². The van der Waals surface area contributed by atoms with E-state index in [-0.39, 0.29) is 11.5 Å². The molecule has 6 rings (SSSR count). The highest BCUT2D eigenvalue weighted by Crippen LogP contribution is 2.47. The largest absolute Gasteiger partial charge is 0.507 e. The highest BCUT2D eigenvalue weighted by molar-refractivity contribution is 5.89. The Bertz CT molecular complexity index is 2190. The zero-order valence-corrected chi connectivity index (χ0v) is 36.3. The number of para-hydroxylation sites is 2. The van der Waals surface area contributed by atoms with E-state index < -0.39 is 0 Å². The van der Waals surface area contributed by atoms with Crippen LogP contribution >= 0.6 is 0 Å². The van der Waals surface area contributed by atoms with Crippen LogP contribution in [0.1, 0.15) is 110 Å². The van der Waals surface area contributed by atoms with Gasteiger partial charge in [0.1, 0.15) is 23.0 Å². The molecule has 302 valence electrons. The van der Waals surface area contributed by atoms with Crippen LogP contribution in [0.2, 0.25) is 0 Å². The Kier molecular flexibility index (Phi) is 13.4. The molecule has 2 atom stereocenters. The van der Waals surface area contributed by atoms with E-state index in [1.165, 1.54) is 22.3 Å². The zero-order valence-electron chi connectivity index (χ0n) is 36.3. The SMILES string of the molecule is CCC(C)c1cc(-c2ccccc2OCCCCOc2ccccc2-c2cc(C(C)CC)cc(-c3c(C)cc(C)cc3C)c2O)c(O)c(-c2c(C)cc(C)cc2C)c1. The van der Waals surface area contributed by atoms with Crippen molar-refractivity contribution in [1.82, 2.24) is 0 Å². The number of benzene rings is 6. The predicted octanol–water partition coefficient (Wildman–Crippen LogP) is 14.9. The first kappa shape index (κ1) is 42.1. The molecule has 0 heterocycles. The lowest BCUT2D eigenvalue weighted by Crippen LogP contribution is -2.04. The molecule has 0 spiro atoms. The van der Waals surface area contributed by atoms with Crippen LogP contribution in [0.3, 0.4) is 0 Å². The van der Waals surface area contributed by atoms with Gasteiger partial charge in [0.05, 0.1) is 13.2 Å². The summed E-state index contributed by atoms with van der Waals surface area (Å²) in [6.07, 6.45) is 3.57. The predicted molar refractivity (Wildman–Crippen MR) is 244 cm³/mol. The van der Waals surface area contributed by atoms with Gasteiger partial charge in [-0.2, -0.15) is 0 Å². The van der Waals surface area contributed by atoms with E-state index in [1.807, 2.05) is 48.5 Å². The molecule has 0 saturated carbocycles. The van der Waals surface area contributed by atoms with Gasteiger partial charge in [0.25, 0.3) is 0 Å². The van der Waals surface area contributed by atoms with Gasteiger partial charge in [-0.3, -0.25) is 0 Å². The Morgan fingerprint density at radius 2 is 0.776 bits per heavy atom. The third-order valence-electron chi connectivity index (χ3n) is 11.9. The topological polar surface area (TPSA) is 58.9 Å². The first-order chi connectivity index (χ1) is 27.8. The smallest absolute Gasteiger partial charge is 0.131 e. The third-order valence-corrected chi connectivity index (χ3v) is 11.9. The molecule has 2 unspecified atom stereocenters. The van der Waals surface area contributed by atoms with Crippen molar-refractivity contribution in [3.05, 3.63) is 142 Å². The van der Waals surface area contributed by atoms with E-state index in [9.17, 15) is 10.2 Å². The molecule has 0 aliphatic heterocycles. The number of unbranched alkanes of at least 4 members (excludes halogenated alkanes) is 1. The van der Waals surface area contributed by atoms with Crippen molar-refractivity contribution < 1.29 is 19.7 Å². The molecular formula is C54H62O4. The van der Waals surface area contributed by atoms with E-state index in [0.29, 0.717) is 25.0 Å². The van der Waals surface area contributed by atoms with Crippen LogP contribution < -0.4 is 9.47 Å². The van der Waals surface area contributed by atoms with Crippen LogP contribution in [0.25, 0.3) is 44.5 Å². The van der Waals surface area contributed by atoms with E-state index in [2.05, 4.69) is 118 Å². The van der Waals surface area contributed by atoms with Crippen molar-refractivity contribution in [2.24, 2.45) is 0 Å². The number of rotatable bonds is 15. The molecule has 0 radical (unpaired) electrons. The van der Waals surface area contributed by atoms with E-state index in [1.54, 1.807) is 0 Å². The maximum atomic E-state index is 12.0. The quantitative estimate of drug-likeness (QED) is 0.102. The Morgan fingerprint density at radius 1 is 0.448 bits per heavy atom. The maximum absolute atomic E-state index is 12.0. The fraction of sp³-hybridized carbons (Fsp3) is 0.333. The molecule has 0 aliphatic carbocycles. The molecule has 4 nitrogen and oxygen atoms in total. The van der Waals surface area contributed by atoms with Crippen LogP contribution in [-0.2, 0) is 0 Å². The van der Waals surface area contributed by atoms with Crippen LogP contribution in [0.15, 0.2) is 97.1 Å². The maximum Gasteiger partial charge on any atom is 0.131 e. The van der Waals surface area contributed by atoms with E-state index in [4.69, 9.17) is 9.47 Å². The molecular weight excluding hydrogens is 713 g/mol. The number of phenols is 2. The second-order valence-electron chi connectivity index (χ2n) is 16.5. The molecule has 58 heavy (non-hydrogen) atoms. The summed E-state index contributed by atoms with van der Waals surface area (Å²) in [5.41, 5.74) is 16.7. The summed E-state index contributed by atoms with van der Waals surface area (Å²) in [5, 5.41) is 23.9. The van der Waals surface area contributed by atoms with Crippen LogP contribution in [0, 0.1) is 41.5 Å². The molecule has 2 N–H and O–H groups in total. The number of hydrogen-bond donors (Lipinski definition) is 2. The summed E-state index contributed by atoms with van der Waals surface area (Å²) in [6, 6.07) is 33.5.